The summed E-state index contributed by atoms with van der Waals surface area (Å²) >= 11 is 7.39. The number of nitrogens with zero attached hydrogens (tertiary/aromatic N) is 3. The molecule has 1 aromatic heterocycles. The third kappa shape index (κ3) is 5.59. The van der Waals surface area contributed by atoms with Gasteiger partial charge in [-0.05, 0) is 82.2 Å². The monoisotopic (exact) mass is 561 g/mol. The van der Waals surface area contributed by atoms with E-state index in [9.17, 15) is 18.0 Å². The van der Waals surface area contributed by atoms with Gasteiger partial charge in [-0.2, -0.15) is 0 Å². The molecule has 3 amide bonds. The number of thiazole rings is 1. The Balaban J connectivity index is 1.27. The molecule has 0 aliphatic carbocycles. The fourth-order valence-electron chi connectivity index (χ4n) is 4.78. The third-order valence-electron chi connectivity index (χ3n) is 6.91. The number of nitrogens with one attached hydrogen (secondary N) is 2. The summed E-state index contributed by atoms with van der Waals surface area (Å²) in [5.41, 5.74) is 1.68. The number of piperidine rings is 1. The van der Waals surface area contributed by atoms with E-state index in [4.69, 9.17) is 11.6 Å². The van der Waals surface area contributed by atoms with Gasteiger partial charge in [-0.3, -0.25) is 15.4 Å². The van der Waals surface area contributed by atoms with Crippen LogP contribution in [0, 0.1) is 0 Å². The first-order valence-corrected chi connectivity index (χ1v) is 14.9. The summed E-state index contributed by atoms with van der Waals surface area (Å²) in [6, 6.07) is 9.30. The van der Waals surface area contributed by atoms with Crippen molar-refractivity contribution in [2.45, 2.75) is 35.8 Å². The molecule has 2 saturated heterocycles. The van der Waals surface area contributed by atoms with Gasteiger partial charge >= 0.3 is 6.03 Å². The van der Waals surface area contributed by atoms with Crippen LogP contribution in [0.3, 0.4) is 0 Å². The predicted molar refractivity (Wildman–Crippen MR) is 147 cm³/mol. The summed E-state index contributed by atoms with van der Waals surface area (Å²) in [4.78, 5) is 34.3. The highest BCUT2D eigenvalue weighted by Gasteiger charge is 2.30. The first kappa shape index (κ1) is 25.9. The lowest BCUT2D eigenvalue weighted by atomic mass is 10.1. The molecule has 2 aromatic carbocycles. The van der Waals surface area contributed by atoms with Crippen molar-refractivity contribution < 1.29 is 18.0 Å². The number of hydrogen-bond acceptors (Lipinski definition) is 8. The summed E-state index contributed by atoms with van der Waals surface area (Å²) in [7, 11) is -1.47. The van der Waals surface area contributed by atoms with Crippen LogP contribution < -0.4 is 15.5 Å². The Hall–Kier alpha value is -2.73. The summed E-state index contributed by atoms with van der Waals surface area (Å²) in [5.74, 6) is -0.615. The maximum Gasteiger partial charge on any atom is 0.327 e. The Kier molecular flexibility index (Phi) is 7.39. The zero-order valence-corrected chi connectivity index (χ0v) is 22.8. The van der Waals surface area contributed by atoms with Crippen molar-refractivity contribution in [2.75, 3.05) is 43.4 Å². The van der Waals surface area contributed by atoms with E-state index in [0.717, 1.165) is 56.0 Å². The molecule has 0 spiro atoms. The Labute approximate surface area is 224 Å². The smallest absolute Gasteiger partial charge is 0.327 e. The highest BCUT2D eigenvalue weighted by Crippen LogP contribution is 2.31. The Morgan fingerprint density at radius 1 is 1.05 bits per heavy atom. The highest BCUT2D eigenvalue weighted by atomic mass is 35.5. The molecule has 5 rings (SSSR count). The Bertz CT molecular complexity index is 1440. The minimum atomic E-state index is -3.46. The van der Waals surface area contributed by atoms with Crippen LogP contribution in [0.25, 0.3) is 10.2 Å². The average Bonchev–Trinajstić information content (AvgIpc) is 3.54. The molecule has 196 valence electrons. The van der Waals surface area contributed by atoms with Gasteiger partial charge in [-0.1, -0.05) is 22.9 Å². The SMILES string of the molecule is CN1CCC(S(=O)(=O)c2ccc3nc(NC(=O)NC(=O)c4cc(N5CCCC5)ccc4Cl)sc3c2)CC1. The molecular formula is C25H28ClN5O4S2. The molecule has 9 nitrogen and oxygen atoms in total. The van der Waals surface area contributed by atoms with E-state index in [1.54, 1.807) is 30.3 Å². The minimum absolute atomic E-state index is 0.217. The highest BCUT2D eigenvalue weighted by molar-refractivity contribution is 7.92. The van der Waals surface area contributed by atoms with Crippen molar-refractivity contribution in [2.24, 2.45) is 0 Å². The molecule has 0 radical (unpaired) electrons. The van der Waals surface area contributed by atoms with Gasteiger partial charge in [0.2, 0.25) is 0 Å². The topological polar surface area (TPSA) is 112 Å². The number of anilines is 2. The van der Waals surface area contributed by atoms with Gasteiger partial charge in [0.15, 0.2) is 15.0 Å². The van der Waals surface area contributed by atoms with Crippen LogP contribution in [-0.2, 0) is 9.84 Å². The van der Waals surface area contributed by atoms with Gasteiger partial charge in [0.05, 0.1) is 30.9 Å². The molecule has 12 heteroatoms. The molecule has 3 aromatic rings. The van der Waals surface area contributed by atoms with Crippen molar-refractivity contribution in [3.63, 3.8) is 0 Å². The summed E-state index contributed by atoms with van der Waals surface area (Å²) in [6.45, 7) is 3.34. The molecule has 2 aliphatic heterocycles. The molecule has 3 heterocycles. The zero-order chi connectivity index (χ0) is 26.2. The Morgan fingerprint density at radius 2 is 1.78 bits per heavy atom. The van der Waals surface area contributed by atoms with E-state index in [0.29, 0.717) is 23.1 Å². The van der Waals surface area contributed by atoms with Crippen molar-refractivity contribution in [1.82, 2.24) is 15.2 Å². The summed E-state index contributed by atoms with van der Waals surface area (Å²) in [5, 5.41) is 4.99. The number of carbonyl (C=O) groups is 2. The lowest BCUT2D eigenvalue weighted by molar-refractivity contribution is 0.0967. The molecule has 37 heavy (non-hydrogen) atoms. The van der Waals surface area contributed by atoms with Crippen LogP contribution in [0.5, 0.6) is 0 Å². The first-order chi connectivity index (χ1) is 17.7. The second-order valence-corrected chi connectivity index (χ2v) is 13.1. The number of fused-ring (bicyclic) bond motifs is 1. The fourth-order valence-corrected chi connectivity index (χ4v) is 7.72. The van der Waals surface area contributed by atoms with Gasteiger partial charge in [-0.15, -0.1) is 0 Å². The number of carbonyl (C=O) groups excluding carboxylic acids is 2. The maximum absolute atomic E-state index is 13.1. The molecule has 0 unspecified atom stereocenters. The van der Waals surface area contributed by atoms with Crippen LogP contribution >= 0.6 is 22.9 Å². The molecular weight excluding hydrogens is 534 g/mol. The van der Waals surface area contributed by atoms with Gasteiger partial charge in [0.1, 0.15) is 0 Å². The van der Waals surface area contributed by atoms with Crippen LogP contribution in [0.1, 0.15) is 36.0 Å². The standard InChI is InChI=1S/C25H28ClN5O4S2/c1-30-12-8-17(9-13-30)37(34,35)18-5-7-21-22(15-18)36-25(27-21)29-24(33)28-23(32)19-14-16(4-6-20(19)26)31-10-2-3-11-31/h4-7,14-15,17H,2-3,8-13H2,1H3,(H2,27,28,29,32,33). The zero-order valence-electron chi connectivity index (χ0n) is 20.4. The van der Waals surface area contributed by atoms with Gasteiger partial charge in [-0.25, -0.2) is 18.2 Å². The van der Waals surface area contributed by atoms with Crippen LogP contribution in [0.15, 0.2) is 41.3 Å². The van der Waals surface area contributed by atoms with E-state index < -0.39 is 27.0 Å². The fraction of sp³-hybridized carbons (Fsp3) is 0.400. The molecule has 2 N–H and O–H groups in total. The van der Waals surface area contributed by atoms with Gasteiger partial charge in [0.25, 0.3) is 5.91 Å². The average molecular weight is 562 g/mol. The number of sulfone groups is 1. The number of hydrogen-bond donors (Lipinski definition) is 2. The van der Waals surface area contributed by atoms with Crippen molar-refractivity contribution >= 4 is 65.7 Å². The number of amides is 3. The van der Waals surface area contributed by atoms with E-state index in [1.807, 2.05) is 13.1 Å². The number of aromatic nitrogens is 1. The molecule has 2 fully saturated rings. The van der Waals surface area contributed by atoms with Crippen LogP contribution in [0.4, 0.5) is 15.6 Å². The van der Waals surface area contributed by atoms with E-state index in [1.165, 1.54) is 0 Å². The van der Waals surface area contributed by atoms with Crippen LogP contribution in [0.2, 0.25) is 5.02 Å². The van der Waals surface area contributed by atoms with Crippen molar-refractivity contribution in [3.05, 3.63) is 47.0 Å². The Morgan fingerprint density at radius 3 is 2.51 bits per heavy atom. The van der Waals surface area contributed by atoms with E-state index in [2.05, 4.69) is 25.4 Å². The molecule has 0 atom stereocenters. The number of benzene rings is 2. The molecule has 0 bridgehead atoms. The predicted octanol–water partition coefficient (Wildman–Crippen LogP) is 4.38. The largest absolute Gasteiger partial charge is 0.372 e. The lowest BCUT2D eigenvalue weighted by Gasteiger charge is -2.28. The van der Waals surface area contributed by atoms with Crippen LogP contribution in [-0.4, -0.2) is 68.7 Å². The second kappa shape index (κ2) is 10.6. The molecule has 2 aliphatic rings. The number of halogens is 1. The van der Waals surface area contributed by atoms with E-state index >= 15 is 0 Å². The molecule has 0 saturated carbocycles. The third-order valence-corrected chi connectivity index (χ3v) is 10.4. The van der Waals surface area contributed by atoms with Gasteiger partial charge < -0.3 is 9.80 Å². The first-order valence-electron chi connectivity index (χ1n) is 12.2. The lowest BCUT2D eigenvalue weighted by Crippen LogP contribution is -2.37. The van der Waals surface area contributed by atoms with Crippen molar-refractivity contribution in [1.29, 1.82) is 0 Å². The quantitative estimate of drug-likeness (QED) is 0.475. The number of imide groups is 1. The van der Waals surface area contributed by atoms with Gasteiger partial charge in [0, 0.05) is 18.8 Å². The second-order valence-electron chi connectivity index (χ2n) is 9.46. The minimum Gasteiger partial charge on any atom is -0.372 e. The maximum atomic E-state index is 13.1. The summed E-state index contributed by atoms with van der Waals surface area (Å²) < 4.78 is 26.9. The summed E-state index contributed by atoms with van der Waals surface area (Å²) in [6.07, 6.45) is 3.40. The van der Waals surface area contributed by atoms with Crippen molar-refractivity contribution in [3.8, 4) is 0 Å². The van der Waals surface area contributed by atoms with E-state index in [-0.39, 0.29) is 20.6 Å². The normalized spacial score (nSPS) is 17.3. The number of urea groups is 1. The number of likely N-dealkylation sites (tertiary alicyclic amines) is 1. The number of rotatable bonds is 5.